The number of carbonyl (C=O) groups excluding carboxylic acids is 1. The van der Waals surface area contributed by atoms with Crippen LogP contribution in [0.4, 0.5) is 13.2 Å². The van der Waals surface area contributed by atoms with Gasteiger partial charge in [0.15, 0.2) is 0 Å². The molecule has 2 nitrogen and oxygen atoms in total. The van der Waals surface area contributed by atoms with Crippen LogP contribution in [0.3, 0.4) is 0 Å². The van der Waals surface area contributed by atoms with Gasteiger partial charge in [0.25, 0.3) is 5.91 Å². The predicted molar refractivity (Wildman–Crippen MR) is 74.9 cm³/mol. The summed E-state index contributed by atoms with van der Waals surface area (Å²) in [7, 11) is 0. The molecule has 1 rings (SSSR count). The van der Waals surface area contributed by atoms with Crippen molar-refractivity contribution in [1.29, 1.82) is 0 Å². The summed E-state index contributed by atoms with van der Waals surface area (Å²) < 4.78 is 37.8. The Labute approximate surface area is 130 Å². The summed E-state index contributed by atoms with van der Waals surface area (Å²) in [6.07, 6.45) is -4.43. The van der Waals surface area contributed by atoms with Gasteiger partial charge in [0.1, 0.15) is 6.54 Å². The van der Waals surface area contributed by atoms with Crippen LogP contribution >= 0.6 is 43.5 Å². The van der Waals surface area contributed by atoms with E-state index in [9.17, 15) is 18.0 Å². The highest BCUT2D eigenvalue weighted by atomic mass is 79.9. The van der Waals surface area contributed by atoms with Crippen LogP contribution < -0.4 is 0 Å². The Morgan fingerprint density at radius 3 is 2.47 bits per heavy atom. The molecule has 0 aliphatic rings. The number of benzene rings is 1. The normalized spacial score (nSPS) is 11.5. The highest BCUT2D eigenvalue weighted by Gasteiger charge is 2.33. The Balaban J connectivity index is 2.95. The Morgan fingerprint density at radius 2 is 2.00 bits per heavy atom. The van der Waals surface area contributed by atoms with Gasteiger partial charge in [-0.2, -0.15) is 13.2 Å². The molecule has 1 aromatic carbocycles. The number of nitrogens with zero attached hydrogens (tertiary/aromatic N) is 1. The number of hydrogen-bond acceptors (Lipinski definition) is 1. The molecular formula is C11H9Br2ClF3NO. The lowest BCUT2D eigenvalue weighted by Gasteiger charge is -2.23. The molecule has 0 bridgehead atoms. The average Bonchev–Trinajstić information content (AvgIpc) is 2.29. The summed E-state index contributed by atoms with van der Waals surface area (Å²) in [5.41, 5.74) is 0.124. The van der Waals surface area contributed by atoms with E-state index in [1.54, 1.807) is 0 Å². The van der Waals surface area contributed by atoms with Crippen molar-refractivity contribution >= 4 is 49.4 Å². The van der Waals surface area contributed by atoms with E-state index in [1.807, 2.05) is 0 Å². The highest BCUT2D eigenvalue weighted by Crippen LogP contribution is 2.25. The highest BCUT2D eigenvalue weighted by molar-refractivity contribution is 9.10. The molecule has 0 radical (unpaired) electrons. The number of amides is 1. The Kier molecular flexibility index (Phi) is 6.14. The number of carbonyl (C=O) groups is 1. The second-order valence-corrected chi connectivity index (χ2v) is 5.71. The van der Waals surface area contributed by atoms with E-state index < -0.39 is 18.6 Å². The second-order valence-electron chi connectivity index (χ2n) is 3.66. The van der Waals surface area contributed by atoms with E-state index in [4.69, 9.17) is 11.6 Å². The van der Waals surface area contributed by atoms with Crippen LogP contribution in [0.2, 0.25) is 5.02 Å². The van der Waals surface area contributed by atoms with Crippen molar-refractivity contribution in [3.63, 3.8) is 0 Å². The van der Waals surface area contributed by atoms with Gasteiger partial charge in [-0.25, -0.2) is 0 Å². The molecule has 0 spiro atoms. The second kappa shape index (κ2) is 6.95. The molecular weight excluding hydrogens is 414 g/mol. The first-order chi connectivity index (χ1) is 8.74. The molecule has 8 heteroatoms. The number of hydrogen-bond donors (Lipinski definition) is 0. The van der Waals surface area contributed by atoms with Gasteiger partial charge >= 0.3 is 6.18 Å². The van der Waals surface area contributed by atoms with E-state index in [1.165, 1.54) is 18.2 Å². The summed E-state index contributed by atoms with van der Waals surface area (Å²) in [5.74, 6) is -0.703. The Morgan fingerprint density at radius 1 is 1.37 bits per heavy atom. The SMILES string of the molecule is O=C(c1ccc(Br)c(Cl)c1)N(CCBr)CC(F)(F)F. The summed E-state index contributed by atoms with van der Waals surface area (Å²) >= 11 is 12.0. The zero-order valence-electron chi connectivity index (χ0n) is 9.48. The maximum absolute atomic E-state index is 12.4. The Hall–Kier alpha value is -0.270. The molecule has 0 atom stereocenters. The van der Waals surface area contributed by atoms with Crippen LogP contribution in [-0.2, 0) is 0 Å². The topological polar surface area (TPSA) is 20.3 Å². The van der Waals surface area contributed by atoms with Gasteiger partial charge in [-0.3, -0.25) is 4.79 Å². The molecule has 0 fully saturated rings. The molecule has 0 aliphatic carbocycles. The van der Waals surface area contributed by atoms with Crippen molar-refractivity contribution in [2.75, 3.05) is 18.4 Å². The maximum Gasteiger partial charge on any atom is 0.406 e. The minimum atomic E-state index is -4.43. The molecule has 0 saturated heterocycles. The lowest BCUT2D eigenvalue weighted by molar-refractivity contribution is -0.140. The fourth-order valence-electron chi connectivity index (χ4n) is 1.38. The van der Waals surface area contributed by atoms with E-state index >= 15 is 0 Å². The van der Waals surface area contributed by atoms with Crippen molar-refractivity contribution in [2.24, 2.45) is 0 Å². The fourth-order valence-corrected chi connectivity index (χ4v) is 2.24. The lowest BCUT2D eigenvalue weighted by Crippen LogP contribution is -2.40. The summed E-state index contributed by atoms with van der Waals surface area (Å²) in [4.78, 5) is 12.7. The van der Waals surface area contributed by atoms with E-state index in [-0.39, 0.29) is 22.5 Å². The largest absolute Gasteiger partial charge is 0.406 e. The first-order valence-electron chi connectivity index (χ1n) is 5.11. The predicted octanol–water partition coefficient (Wildman–Crippen LogP) is 4.50. The van der Waals surface area contributed by atoms with Gasteiger partial charge in [-0.1, -0.05) is 27.5 Å². The number of rotatable bonds is 4. The van der Waals surface area contributed by atoms with Gasteiger partial charge in [-0.05, 0) is 34.1 Å². The van der Waals surface area contributed by atoms with Gasteiger partial charge < -0.3 is 4.90 Å². The quantitative estimate of drug-likeness (QED) is 0.653. The van der Waals surface area contributed by atoms with Gasteiger partial charge in [-0.15, -0.1) is 0 Å². The standard InChI is InChI=1S/C11H9Br2ClF3NO/c12-3-4-18(6-11(15,16)17)10(19)7-1-2-8(13)9(14)5-7/h1-2,5H,3-4,6H2. The number of halogens is 6. The van der Waals surface area contributed by atoms with Crippen molar-refractivity contribution in [1.82, 2.24) is 4.90 Å². The van der Waals surface area contributed by atoms with Crippen LogP contribution in [0.15, 0.2) is 22.7 Å². The van der Waals surface area contributed by atoms with Crippen molar-refractivity contribution in [2.45, 2.75) is 6.18 Å². The van der Waals surface area contributed by atoms with Crippen LogP contribution in [0.5, 0.6) is 0 Å². The van der Waals surface area contributed by atoms with E-state index in [0.29, 0.717) is 4.47 Å². The van der Waals surface area contributed by atoms with Gasteiger partial charge in [0, 0.05) is 21.9 Å². The smallest absolute Gasteiger partial charge is 0.329 e. The Bertz CT molecular complexity index is 468. The van der Waals surface area contributed by atoms with E-state index in [2.05, 4.69) is 31.9 Å². The first-order valence-corrected chi connectivity index (χ1v) is 7.41. The number of alkyl halides is 4. The monoisotopic (exact) mass is 421 g/mol. The first kappa shape index (κ1) is 16.8. The molecule has 106 valence electrons. The van der Waals surface area contributed by atoms with Crippen LogP contribution in [0.25, 0.3) is 0 Å². The zero-order chi connectivity index (χ0) is 14.6. The summed E-state index contributed by atoms with van der Waals surface area (Å²) in [5, 5.41) is 0.538. The third-order valence-electron chi connectivity index (χ3n) is 2.18. The third kappa shape index (κ3) is 5.31. The average molecular weight is 423 g/mol. The van der Waals surface area contributed by atoms with Gasteiger partial charge in [0.2, 0.25) is 0 Å². The minimum Gasteiger partial charge on any atom is -0.329 e. The molecule has 0 heterocycles. The molecule has 19 heavy (non-hydrogen) atoms. The van der Waals surface area contributed by atoms with Gasteiger partial charge in [0.05, 0.1) is 5.02 Å². The van der Waals surface area contributed by atoms with Crippen molar-refractivity contribution < 1.29 is 18.0 Å². The molecule has 0 N–H and O–H groups in total. The molecule has 0 aliphatic heterocycles. The van der Waals surface area contributed by atoms with Crippen LogP contribution in [-0.4, -0.2) is 35.4 Å². The molecule has 1 aromatic rings. The molecule has 0 aromatic heterocycles. The zero-order valence-corrected chi connectivity index (χ0v) is 13.4. The van der Waals surface area contributed by atoms with Crippen LogP contribution in [0.1, 0.15) is 10.4 Å². The maximum atomic E-state index is 12.4. The third-order valence-corrected chi connectivity index (χ3v) is 3.77. The molecule has 1 amide bonds. The summed E-state index contributed by atoms with van der Waals surface area (Å²) in [6, 6.07) is 4.29. The summed E-state index contributed by atoms with van der Waals surface area (Å²) in [6.45, 7) is -1.32. The van der Waals surface area contributed by atoms with Crippen molar-refractivity contribution in [3.8, 4) is 0 Å². The molecule has 0 saturated carbocycles. The van der Waals surface area contributed by atoms with Crippen molar-refractivity contribution in [3.05, 3.63) is 33.3 Å². The fraction of sp³-hybridized carbons (Fsp3) is 0.364. The minimum absolute atomic E-state index is 0.0357. The van der Waals surface area contributed by atoms with Crippen LogP contribution in [0, 0.1) is 0 Å². The van der Waals surface area contributed by atoms with E-state index in [0.717, 1.165) is 4.90 Å². The molecule has 0 unspecified atom stereocenters. The lowest BCUT2D eigenvalue weighted by atomic mass is 10.2.